The second kappa shape index (κ2) is 5.46. The van der Waals surface area contributed by atoms with Gasteiger partial charge in [-0.15, -0.1) is 0 Å². The molecule has 0 aromatic heterocycles. The molecule has 0 aliphatic heterocycles. The minimum absolute atomic E-state index is 1.29. The molecule has 0 amide bonds. The van der Waals surface area contributed by atoms with Crippen molar-refractivity contribution < 1.29 is 0 Å². The minimum Gasteiger partial charge on any atom is -0.0620 e. The van der Waals surface area contributed by atoms with Crippen molar-refractivity contribution >= 4 is 32.3 Å². The van der Waals surface area contributed by atoms with Gasteiger partial charge in [0.05, 0.1) is 0 Å². The van der Waals surface area contributed by atoms with Crippen LogP contribution in [-0.2, 0) is 0 Å². The third kappa shape index (κ3) is 2.15. The van der Waals surface area contributed by atoms with Crippen LogP contribution in [-0.4, -0.2) is 0 Å². The minimum atomic E-state index is 1.29. The normalized spacial score (nSPS) is 11.4. The molecule has 0 fully saturated rings. The summed E-state index contributed by atoms with van der Waals surface area (Å²) in [5, 5.41) is 7.88. The summed E-state index contributed by atoms with van der Waals surface area (Å²) < 4.78 is 0. The Morgan fingerprint density at radius 1 is 0.520 bits per heavy atom. The van der Waals surface area contributed by atoms with Crippen LogP contribution < -0.4 is 0 Å². The molecule has 0 N–H and O–H groups in total. The van der Waals surface area contributed by atoms with Gasteiger partial charge in [0, 0.05) is 0 Å². The van der Waals surface area contributed by atoms with E-state index in [4.69, 9.17) is 0 Å². The molecule has 0 nitrogen and oxygen atoms in total. The third-order valence-corrected chi connectivity index (χ3v) is 5.17. The van der Waals surface area contributed by atoms with Crippen LogP contribution in [0.1, 0.15) is 5.56 Å². The summed E-state index contributed by atoms with van der Waals surface area (Å²) in [6.45, 7) is 2.20. The molecule has 5 rings (SSSR count). The van der Waals surface area contributed by atoms with Crippen LogP contribution in [0, 0.1) is 6.92 Å². The number of benzene rings is 5. The first kappa shape index (κ1) is 14.2. The lowest BCUT2D eigenvalue weighted by molar-refractivity contribution is 1.47. The van der Waals surface area contributed by atoms with Gasteiger partial charge in [0.25, 0.3) is 0 Å². The highest BCUT2D eigenvalue weighted by Gasteiger charge is 2.13. The first-order valence-corrected chi connectivity index (χ1v) is 8.72. The van der Waals surface area contributed by atoms with Gasteiger partial charge in [0.15, 0.2) is 0 Å². The Morgan fingerprint density at radius 2 is 1.16 bits per heavy atom. The van der Waals surface area contributed by atoms with Gasteiger partial charge < -0.3 is 0 Å². The Bertz CT molecular complexity index is 1250. The van der Waals surface area contributed by atoms with Gasteiger partial charge in [-0.2, -0.15) is 0 Å². The van der Waals surface area contributed by atoms with Gasteiger partial charge in [-0.05, 0) is 62.0 Å². The average molecular weight is 318 g/mol. The number of rotatable bonds is 1. The molecule has 0 aliphatic carbocycles. The van der Waals surface area contributed by atoms with E-state index in [1.165, 1.54) is 49.0 Å². The van der Waals surface area contributed by atoms with Crippen molar-refractivity contribution in [3.05, 3.63) is 96.6 Å². The zero-order chi connectivity index (χ0) is 16.8. The average Bonchev–Trinajstić information content (AvgIpc) is 2.67. The van der Waals surface area contributed by atoms with Gasteiger partial charge in [-0.25, -0.2) is 0 Å². The van der Waals surface area contributed by atoms with E-state index in [1.54, 1.807) is 0 Å². The van der Waals surface area contributed by atoms with Crippen molar-refractivity contribution in [3.63, 3.8) is 0 Å². The van der Waals surface area contributed by atoms with Crippen molar-refractivity contribution in [3.8, 4) is 11.1 Å². The van der Waals surface area contributed by atoms with Gasteiger partial charge in [-0.3, -0.25) is 0 Å². The smallest absolute Gasteiger partial charge is 0.00179 e. The molecule has 0 saturated heterocycles. The fraction of sp³-hybridized carbons (Fsp3) is 0.0400. The Balaban J connectivity index is 2.11. The monoisotopic (exact) mass is 318 g/mol. The van der Waals surface area contributed by atoms with Crippen molar-refractivity contribution in [2.24, 2.45) is 0 Å². The van der Waals surface area contributed by atoms with E-state index in [1.807, 2.05) is 0 Å². The van der Waals surface area contributed by atoms with Crippen LogP contribution in [0.4, 0.5) is 0 Å². The van der Waals surface area contributed by atoms with E-state index in [0.29, 0.717) is 0 Å². The van der Waals surface area contributed by atoms with Gasteiger partial charge >= 0.3 is 0 Å². The van der Waals surface area contributed by atoms with Crippen LogP contribution in [0.5, 0.6) is 0 Å². The van der Waals surface area contributed by atoms with Crippen molar-refractivity contribution in [1.29, 1.82) is 0 Å². The first-order chi connectivity index (χ1) is 12.3. The highest BCUT2D eigenvalue weighted by atomic mass is 14.2. The summed E-state index contributed by atoms with van der Waals surface area (Å²) in [6.07, 6.45) is 0. The molecule has 0 radical (unpaired) electrons. The second-order valence-electron chi connectivity index (χ2n) is 6.67. The van der Waals surface area contributed by atoms with E-state index < -0.39 is 0 Å². The van der Waals surface area contributed by atoms with E-state index in [9.17, 15) is 0 Å². The number of hydrogen-bond donors (Lipinski definition) is 0. The van der Waals surface area contributed by atoms with E-state index in [2.05, 4.69) is 97.9 Å². The largest absolute Gasteiger partial charge is 0.0620 e. The van der Waals surface area contributed by atoms with Crippen LogP contribution in [0.15, 0.2) is 91.0 Å². The summed E-state index contributed by atoms with van der Waals surface area (Å²) in [5.74, 6) is 0. The summed E-state index contributed by atoms with van der Waals surface area (Å²) in [5.41, 5.74) is 3.98. The second-order valence-corrected chi connectivity index (χ2v) is 6.67. The summed E-state index contributed by atoms with van der Waals surface area (Å²) >= 11 is 0. The van der Waals surface area contributed by atoms with Gasteiger partial charge in [-0.1, -0.05) is 84.9 Å². The standard InChI is InChI=1S/C25H18/c1-17-8-2-5-11-21(17)25-23-13-7-4-10-19(23)16-20-15-14-18-9-3-6-12-22(18)24(20)25/h2-16H,1H3. The predicted molar refractivity (Wildman–Crippen MR) is 109 cm³/mol. The molecule has 5 aromatic carbocycles. The lowest BCUT2D eigenvalue weighted by Gasteiger charge is -2.16. The van der Waals surface area contributed by atoms with Crippen LogP contribution in [0.2, 0.25) is 0 Å². The quantitative estimate of drug-likeness (QED) is 0.228. The predicted octanol–water partition coefficient (Wildman–Crippen LogP) is 7.12. The Hall–Kier alpha value is -3.12. The molecule has 0 spiro atoms. The molecule has 0 atom stereocenters. The van der Waals surface area contributed by atoms with Crippen molar-refractivity contribution in [2.45, 2.75) is 6.92 Å². The molecule has 0 saturated carbocycles. The SMILES string of the molecule is Cc1ccccc1-c1c2ccccc2cc2ccc3ccccc3c12. The van der Waals surface area contributed by atoms with Crippen LogP contribution in [0.3, 0.4) is 0 Å². The Morgan fingerprint density at radius 3 is 2.00 bits per heavy atom. The molecule has 0 heterocycles. The fourth-order valence-electron chi connectivity index (χ4n) is 3.97. The molecule has 118 valence electrons. The topological polar surface area (TPSA) is 0 Å². The Kier molecular flexibility index (Phi) is 3.11. The highest BCUT2D eigenvalue weighted by molar-refractivity contribution is 6.22. The third-order valence-electron chi connectivity index (χ3n) is 5.17. The van der Waals surface area contributed by atoms with Crippen molar-refractivity contribution in [2.75, 3.05) is 0 Å². The summed E-state index contributed by atoms with van der Waals surface area (Å²) in [7, 11) is 0. The first-order valence-electron chi connectivity index (χ1n) is 8.72. The molecule has 0 aliphatic rings. The summed E-state index contributed by atoms with van der Waals surface area (Å²) in [6, 6.07) is 32.9. The Labute approximate surface area is 147 Å². The molecular formula is C25H18. The molecular weight excluding hydrogens is 300 g/mol. The van der Waals surface area contributed by atoms with Gasteiger partial charge in [0.2, 0.25) is 0 Å². The lowest BCUT2D eigenvalue weighted by Crippen LogP contribution is -1.89. The fourth-order valence-corrected chi connectivity index (χ4v) is 3.97. The zero-order valence-corrected chi connectivity index (χ0v) is 14.2. The molecule has 0 unspecified atom stereocenters. The maximum absolute atomic E-state index is 2.32. The molecule has 25 heavy (non-hydrogen) atoms. The molecule has 5 aromatic rings. The van der Waals surface area contributed by atoms with E-state index in [-0.39, 0.29) is 0 Å². The lowest BCUT2D eigenvalue weighted by atomic mass is 9.88. The zero-order valence-electron chi connectivity index (χ0n) is 14.2. The van der Waals surface area contributed by atoms with E-state index in [0.717, 1.165) is 0 Å². The molecule has 0 bridgehead atoms. The maximum atomic E-state index is 2.32. The molecule has 0 heteroatoms. The van der Waals surface area contributed by atoms with E-state index >= 15 is 0 Å². The number of fused-ring (bicyclic) bond motifs is 4. The summed E-state index contributed by atoms with van der Waals surface area (Å²) in [4.78, 5) is 0. The number of hydrogen-bond acceptors (Lipinski definition) is 0. The van der Waals surface area contributed by atoms with Gasteiger partial charge in [0.1, 0.15) is 0 Å². The van der Waals surface area contributed by atoms with Crippen molar-refractivity contribution in [1.82, 2.24) is 0 Å². The van der Waals surface area contributed by atoms with Crippen LogP contribution in [0.25, 0.3) is 43.4 Å². The number of aryl methyl sites for hydroxylation is 1. The van der Waals surface area contributed by atoms with Crippen LogP contribution >= 0.6 is 0 Å². The highest BCUT2D eigenvalue weighted by Crippen LogP contribution is 2.40. The maximum Gasteiger partial charge on any atom is -0.00179 e.